The highest BCUT2D eigenvalue weighted by Gasteiger charge is 2.12. The highest BCUT2D eigenvalue weighted by molar-refractivity contribution is 14.1. The molecule has 1 N–H and O–H groups in total. The second-order valence-corrected chi connectivity index (χ2v) is 3.52. The second-order valence-electron chi connectivity index (χ2n) is 1.98. The standard InChI is InChI=1S/C7H4ClIO3/c8-6-4(7(10)12-11)2-1-3-5(6)9/h1-3,11H. The van der Waals surface area contributed by atoms with Crippen LogP contribution in [-0.2, 0) is 4.89 Å². The van der Waals surface area contributed by atoms with E-state index in [0.29, 0.717) is 0 Å². The highest BCUT2D eigenvalue weighted by atomic mass is 127. The van der Waals surface area contributed by atoms with E-state index in [1.54, 1.807) is 12.1 Å². The van der Waals surface area contributed by atoms with E-state index in [2.05, 4.69) is 4.89 Å². The molecule has 3 nitrogen and oxygen atoms in total. The summed E-state index contributed by atoms with van der Waals surface area (Å²) in [5.74, 6) is -0.849. The quantitative estimate of drug-likeness (QED) is 0.492. The van der Waals surface area contributed by atoms with Crippen molar-refractivity contribution in [2.75, 3.05) is 0 Å². The van der Waals surface area contributed by atoms with Crippen molar-refractivity contribution in [3.8, 4) is 0 Å². The minimum atomic E-state index is -0.849. The first-order valence-corrected chi connectivity index (χ1v) is 4.42. The summed E-state index contributed by atoms with van der Waals surface area (Å²) in [7, 11) is 0. The van der Waals surface area contributed by atoms with Crippen LogP contribution >= 0.6 is 34.2 Å². The molecule has 1 rings (SSSR count). The van der Waals surface area contributed by atoms with E-state index < -0.39 is 5.97 Å². The van der Waals surface area contributed by atoms with E-state index in [-0.39, 0.29) is 10.6 Å². The molecule has 0 aliphatic rings. The molecule has 0 radical (unpaired) electrons. The van der Waals surface area contributed by atoms with Crippen LogP contribution in [0.5, 0.6) is 0 Å². The summed E-state index contributed by atoms with van der Waals surface area (Å²) < 4.78 is 0.733. The Kier molecular flexibility index (Phi) is 3.30. The SMILES string of the molecule is O=C(OO)c1cccc(I)c1Cl. The van der Waals surface area contributed by atoms with Crippen LogP contribution in [0, 0.1) is 3.57 Å². The van der Waals surface area contributed by atoms with Crippen LogP contribution in [0.4, 0.5) is 0 Å². The molecule has 0 heterocycles. The van der Waals surface area contributed by atoms with Gasteiger partial charge in [-0.1, -0.05) is 17.7 Å². The van der Waals surface area contributed by atoms with E-state index >= 15 is 0 Å². The molecular weight excluding hydrogens is 294 g/mol. The zero-order chi connectivity index (χ0) is 9.14. The molecule has 0 spiro atoms. The highest BCUT2D eigenvalue weighted by Crippen LogP contribution is 2.22. The fourth-order valence-corrected chi connectivity index (χ4v) is 1.41. The Balaban J connectivity index is 3.16. The number of hydrogen-bond donors (Lipinski definition) is 1. The minimum absolute atomic E-state index is 0.158. The maximum atomic E-state index is 10.8. The third kappa shape index (κ3) is 1.88. The fraction of sp³-hybridized carbons (Fsp3) is 0. The van der Waals surface area contributed by atoms with Gasteiger partial charge in [0, 0.05) is 3.57 Å². The first-order valence-electron chi connectivity index (χ1n) is 2.96. The van der Waals surface area contributed by atoms with Crippen LogP contribution in [0.25, 0.3) is 0 Å². The van der Waals surface area contributed by atoms with E-state index in [4.69, 9.17) is 16.9 Å². The molecule has 0 amide bonds. The van der Waals surface area contributed by atoms with Crippen LogP contribution in [0.3, 0.4) is 0 Å². The first-order chi connectivity index (χ1) is 5.66. The zero-order valence-electron chi connectivity index (χ0n) is 5.75. The van der Waals surface area contributed by atoms with Crippen molar-refractivity contribution in [3.63, 3.8) is 0 Å². The maximum Gasteiger partial charge on any atom is 0.374 e. The van der Waals surface area contributed by atoms with Gasteiger partial charge in [-0.25, -0.2) is 4.79 Å². The fourth-order valence-electron chi connectivity index (χ4n) is 0.711. The lowest BCUT2D eigenvalue weighted by molar-refractivity contribution is -0.182. The Morgan fingerprint density at radius 2 is 2.25 bits per heavy atom. The number of halogens is 2. The molecule has 0 bridgehead atoms. The second kappa shape index (κ2) is 4.06. The summed E-state index contributed by atoms with van der Waals surface area (Å²) in [4.78, 5) is 14.4. The van der Waals surface area contributed by atoms with Crippen molar-refractivity contribution < 1.29 is 14.9 Å². The monoisotopic (exact) mass is 298 g/mol. The maximum absolute atomic E-state index is 10.8. The molecule has 0 fully saturated rings. The third-order valence-electron chi connectivity index (χ3n) is 1.25. The Labute approximate surface area is 87.4 Å². The van der Waals surface area contributed by atoms with Crippen LogP contribution in [0.1, 0.15) is 10.4 Å². The summed E-state index contributed by atoms with van der Waals surface area (Å²) in [6, 6.07) is 4.88. The molecule has 64 valence electrons. The van der Waals surface area contributed by atoms with E-state index in [1.165, 1.54) is 6.07 Å². The van der Waals surface area contributed by atoms with Crippen LogP contribution in [0.2, 0.25) is 5.02 Å². The molecule has 5 heteroatoms. The average molecular weight is 298 g/mol. The van der Waals surface area contributed by atoms with Gasteiger partial charge >= 0.3 is 5.97 Å². The molecular formula is C7H4ClIO3. The summed E-state index contributed by atoms with van der Waals surface area (Å²) in [5, 5.41) is 8.38. The number of benzene rings is 1. The summed E-state index contributed by atoms with van der Waals surface area (Å²) >= 11 is 7.73. The van der Waals surface area contributed by atoms with Gasteiger partial charge in [-0.15, -0.1) is 0 Å². The molecule has 1 aromatic rings. The van der Waals surface area contributed by atoms with Crippen molar-refractivity contribution in [2.24, 2.45) is 0 Å². The molecule has 1 aromatic carbocycles. The van der Waals surface area contributed by atoms with Crippen LogP contribution in [-0.4, -0.2) is 11.2 Å². The van der Waals surface area contributed by atoms with Crippen LogP contribution in [0.15, 0.2) is 18.2 Å². The zero-order valence-corrected chi connectivity index (χ0v) is 8.67. The molecule has 0 saturated heterocycles. The van der Waals surface area contributed by atoms with Gasteiger partial charge in [0.05, 0.1) is 10.6 Å². The van der Waals surface area contributed by atoms with Gasteiger partial charge < -0.3 is 0 Å². The van der Waals surface area contributed by atoms with Crippen LogP contribution < -0.4 is 0 Å². The Morgan fingerprint density at radius 3 is 2.83 bits per heavy atom. The van der Waals surface area contributed by atoms with E-state index in [1.807, 2.05) is 22.6 Å². The van der Waals surface area contributed by atoms with E-state index in [9.17, 15) is 4.79 Å². The van der Waals surface area contributed by atoms with Gasteiger partial charge in [0.1, 0.15) is 0 Å². The van der Waals surface area contributed by atoms with Gasteiger partial charge in [-0.3, -0.25) is 4.89 Å². The Bertz CT molecular complexity index is 314. The van der Waals surface area contributed by atoms with Crippen molar-refractivity contribution in [1.82, 2.24) is 0 Å². The predicted octanol–water partition coefficient (Wildman–Crippen LogP) is 2.57. The molecule has 0 atom stereocenters. The normalized spacial score (nSPS) is 9.58. The smallest absolute Gasteiger partial charge is 0.295 e. The molecule has 0 aliphatic heterocycles. The van der Waals surface area contributed by atoms with Gasteiger partial charge in [0.25, 0.3) is 0 Å². The topological polar surface area (TPSA) is 46.5 Å². The minimum Gasteiger partial charge on any atom is -0.295 e. The molecule has 0 saturated carbocycles. The summed E-state index contributed by atoms with van der Waals surface area (Å²) in [5.41, 5.74) is 0.158. The molecule has 12 heavy (non-hydrogen) atoms. The van der Waals surface area contributed by atoms with Gasteiger partial charge in [0.15, 0.2) is 0 Å². The average Bonchev–Trinajstić information content (AvgIpc) is 2.08. The number of carbonyl (C=O) groups is 1. The Hall–Kier alpha value is -0.330. The van der Waals surface area contributed by atoms with Crippen molar-refractivity contribution in [1.29, 1.82) is 0 Å². The Morgan fingerprint density at radius 1 is 1.58 bits per heavy atom. The van der Waals surface area contributed by atoms with Gasteiger partial charge in [-0.05, 0) is 34.7 Å². The predicted molar refractivity (Wildman–Crippen MR) is 52.2 cm³/mol. The number of rotatable bonds is 1. The largest absolute Gasteiger partial charge is 0.374 e. The lowest BCUT2D eigenvalue weighted by atomic mass is 10.2. The molecule has 0 aromatic heterocycles. The van der Waals surface area contributed by atoms with Crippen molar-refractivity contribution in [3.05, 3.63) is 32.4 Å². The first kappa shape index (κ1) is 9.76. The van der Waals surface area contributed by atoms with Crippen molar-refractivity contribution in [2.45, 2.75) is 0 Å². The van der Waals surface area contributed by atoms with Crippen molar-refractivity contribution >= 4 is 40.2 Å². The lowest BCUT2D eigenvalue weighted by Crippen LogP contribution is -2.02. The number of hydrogen-bond acceptors (Lipinski definition) is 3. The summed E-state index contributed by atoms with van der Waals surface area (Å²) in [6.45, 7) is 0. The van der Waals surface area contributed by atoms with Gasteiger partial charge in [0.2, 0.25) is 0 Å². The third-order valence-corrected chi connectivity index (χ3v) is 2.88. The summed E-state index contributed by atoms with van der Waals surface area (Å²) in [6.07, 6.45) is 0. The number of carbonyl (C=O) groups excluding carboxylic acids is 1. The lowest BCUT2D eigenvalue weighted by Gasteiger charge is -2.00. The molecule has 0 aliphatic carbocycles. The van der Waals surface area contributed by atoms with Gasteiger partial charge in [-0.2, -0.15) is 5.26 Å². The van der Waals surface area contributed by atoms with E-state index in [0.717, 1.165) is 3.57 Å². The molecule has 0 unspecified atom stereocenters.